The molecule has 2 N–H and O–H groups in total. The summed E-state index contributed by atoms with van der Waals surface area (Å²) in [7, 11) is 1.78. The van der Waals surface area contributed by atoms with Crippen LogP contribution in [-0.4, -0.2) is 47.6 Å². The van der Waals surface area contributed by atoms with Crippen LogP contribution in [0.25, 0.3) is 0 Å². The monoisotopic (exact) mass is 237 g/mol. The topological polar surface area (TPSA) is 65.5 Å². The fraction of sp³-hybridized carbons (Fsp3) is 0.500. The molecular formula is C12H19N3O2. The normalized spacial score (nSPS) is 10.1. The molecule has 1 rings (SSSR count). The van der Waals surface area contributed by atoms with Crippen molar-refractivity contribution in [3.05, 3.63) is 23.9 Å². The van der Waals surface area contributed by atoms with Gasteiger partial charge in [0.1, 0.15) is 5.82 Å². The first-order valence-corrected chi connectivity index (χ1v) is 5.76. The SMILES string of the molecule is CCCN(CCO)C(=O)c1ccc(NC)nc1. The minimum atomic E-state index is -0.0870. The average molecular weight is 237 g/mol. The number of aromatic nitrogens is 1. The van der Waals surface area contributed by atoms with Crippen molar-refractivity contribution in [1.82, 2.24) is 9.88 Å². The number of anilines is 1. The minimum Gasteiger partial charge on any atom is -0.395 e. The van der Waals surface area contributed by atoms with Gasteiger partial charge in [-0.2, -0.15) is 0 Å². The lowest BCUT2D eigenvalue weighted by molar-refractivity contribution is 0.0721. The standard InChI is InChI=1S/C12H19N3O2/c1-3-6-15(7-8-16)12(17)10-4-5-11(13-2)14-9-10/h4-5,9,16H,3,6-8H2,1-2H3,(H,13,14). The molecule has 0 saturated heterocycles. The van der Waals surface area contributed by atoms with E-state index in [2.05, 4.69) is 10.3 Å². The molecule has 0 bridgehead atoms. The van der Waals surface area contributed by atoms with Gasteiger partial charge in [0.05, 0.1) is 12.2 Å². The van der Waals surface area contributed by atoms with E-state index in [0.717, 1.165) is 12.2 Å². The summed E-state index contributed by atoms with van der Waals surface area (Å²) in [5, 5.41) is 11.8. The lowest BCUT2D eigenvalue weighted by Crippen LogP contribution is -2.34. The van der Waals surface area contributed by atoms with Crippen molar-refractivity contribution in [2.45, 2.75) is 13.3 Å². The van der Waals surface area contributed by atoms with E-state index in [4.69, 9.17) is 5.11 Å². The summed E-state index contributed by atoms with van der Waals surface area (Å²) in [4.78, 5) is 17.8. The molecule has 0 fully saturated rings. The number of pyridine rings is 1. The molecule has 0 saturated carbocycles. The Labute approximate surface area is 101 Å². The Morgan fingerprint density at radius 3 is 2.71 bits per heavy atom. The number of nitrogens with zero attached hydrogens (tertiary/aromatic N) is 2. The zero-order chi connectivity index (χ0) is 12.7. The highest BCUT2D eigenvalue weighted by molar-refractivity contribution is 5.94. The molecular weight excluding hydrogens is 218 g/mol. The molecule has 5 heteroatoms. The Hall–Kier alpha value is -1.62. The highest BCUT2D eigenvalue weighted by Gasteiger charge is 2.14. The summed E-state index contributed by atoms with van der Waals surface area (Å²) in [6, 6.07) is 3.50. The van der Waals surface area contributed by atoms with Crippen LogP contribution in [0.1, 0.15) is 23.7 Å². The maximum Gasteiger partial charge on any atom is 0.255 e. The lowest BCUT2D eigenvalue weighted by Gasteiger charge is -2.20. The summed E-state index contributed by atoms with van der Waals surface area (Å²) in [6.45, 7) is 2.99. The zero-order valence-corrected chi connectivity index (χ0v) is 10.3. The third kappa shape index (κ3) is 3.71. The van der Waals surface area contributed by atoms with Crippen LogP contribution < -0.4 is 5.32 Å². The average Bonchev–Trinajstić information content (AvgIpc) is 2.38. The Morgan fingerprint density at radius 1 is 1.47 bits per heavy atom. The van der Waals surface area contributed by atoms with Crippen LogP contribution in [0.5, 0.6) is 0 Å². The van der Waals surface area contributed by atoms with Gasteiger partial charge in [0.25, 0.3) is 5.91 Å². The summed E-state index contributed by atoms with van der Waals surface area (Å²) in [5.74, 6) is 0.641. The molecule has 0 aliphatic heterocycles. The van der Waals surface area contributed by atoms with E-state index in [0.29, 0.717) is 18.7 Å². The second-order valence-corrected chi connectivity index (χ2v) is 3.70. The molecule has 0 radical (unpaired) electrons. The van der Waals surface area contributed by atoms with Crippen LogP contribution in [0, 0.1) is 0 Å². The van der Waals surface area contributed by atoms with Crippen LogP contribution in [0.15, 0.2) is 18.3 Å². The number of amides is 1. The Bertz CT molecular complexity index is 345. The van der Waals surface area contributed by atoms with Gasteiger partial charge in [0.15, 0.2) is 0 Å². The molecule has 94 valence electrons. The first-order chi connectivity index (χ1) is 8.22. The number of hydrogen-bond acceptors (Lipinski definition) is 4. The maximum atomic E-state index is 12.1. The molecule has 0 aliphatic carbocycles. The molecule has 0 aliphatic rings. The minimum absolute atomic E-state index is 0.0201. The van der Waals surface area contributed by atoms with Crippen LogP contribution in [0.2, 0.25) is 0 Å². The van der Waals surface area contributed by atoms with Crippen LogP contribution in [0.4, 0.5) is 5.82 Å². The van der Waals surface area contributed by atoms with Gasteiger partial charge in [0, 0.05) is 26.3 Å². The number of carbonyl (C=O) groups excluding carboxylic acids is 1. The highest BCUT2D eigenvalue weighted by Crippen LogP contribution is 2.07. The molecule has 17 heavy (non-hydrogen) atoms. The number of carbonyl (C=O) groups is 1. The van der Waals surface area contributed by atoms with E-state index in [-0.39, 0.29) is 12.5 Å². The van der Waals surface area contributed by atoms with Crippen molar-refractivity contribution in [3.8, 4) is 0 Å². The van der Waals surface area contributed by atoms with Crippen molar-refractivity contribution < 1.29 is 9.90 Å². The van der Waals surface area contributed by atoms with Gasteiger partial charge in [0.2, 0.25) is 0 Å². The predicted octanol–water partition coefficient (Wildman–Crippen LogP) is 0.968. The largest absolute Gasteiger partial charge is 0.395 e. The Balaban J connectivity index is 2.77. The van der Waals surface area contributed by atoms with Crippen molar-refractivity contribution >= 4 is 11.7 Å². The molecule has 1 aromatic heterocycles. The Morgan fingerprint density at radius 2 is 2.24 bits per heavy atom. The van der Waals surface area contributed by atoms with E-state index in [1.54, 1.807) is 30.3 Å². The molecule has 0 aromatic carbocycles. The predicted molar refractivity (Wildman–Crippen MR) is 67.1 cm³/mol. The van der Waals surface area contributed by atoms with Gasteiger partial charge in [-0.25, -0.2) is 4.98 Å². The summed E-state index contributed by atoms with van der Waals surface area (Å²) < 4.78 is 0. The van der Waals surface area contributed by atoms with E-state index in [1.165, 1.54) is 0 Å². The van der Waals surface area contributed by atoms with Crippen molar-refractivity contribution in [1.29, 1.82) is 0 Å². The number of nitrogens with one attached hydrogen (secondary N) is 1. The van der Waals surface area contributed by atoms with Crippen molar-refractivity contribution in [2.75, 3.05) is 32.1 Å². The third-order valence-corrected chi connectivity index (χ3v) is 2.42. The third-order valence-electron chi connectivity index (χ3n) is 2.42. The fourth-order valence-corrected chi connectivity index (χ4v) is 1.56. The second-order valence-electron chi connectivity index (χ2n) is 3.70. The van der Waals surface area contributed by atoms with Gasteiger partial charge in [-0.1, -0.05) is 6.92 Å². The molecule has 0 unspecified atom stereocenters. The quantitative estimate of drug-likeness (QED) is 0.773. The smallest absolute Gasteiger partial charge is 0.255 e. The van der Waals surface area contributed by atoms with Gasteiger partial charge in [-0.3, -0.25) is 4.79 Å². The molecule has 5 nitrogen and oxygen atoms in total. The molecule has 1 heterocycles. The maximum absolute atomic E-state index is 12.1. The number of rotatable bonds is 6. The number of aliphatic hydroxyl groups is 1. The summed E-state index contributed by atoms with van der Waals surface area (Å²) in [5.41, 5.74) is 0.547. The molecule has 1 aromatic rings. The van der Waals surface area contributed by atoms with E-state index < -0.39 is 0 Å². The van der Waals surface area contributed by atoms with Gasteiger partial charge >= 0.3 is 0 Å². The van der Waals surface area contributed by atoms with Crippen molar-refractivity contribution in [2.24, 2.45) is 0 Å². The summed E-state index contributed by atoms with van der Waals surface area (Å²) in [6.07, 6.45) is 2.42. The van der Waals surface area contributed by atoms with Crippen LogP contribution >= 0.6 is 0 Å². The first kappa shape index (κ1) is 13.4. The van der Waals surface area contributed by atoms with Crippen LogP contribution in [-0.2, 0) is 0 Å². The molecule has 0 spiro atoms. The van der Waals surface area contributed by atoms with Gasteiger partial charge in [-0.15, -0.1) is 0 Å². The van der Waals surface area contributed by atoms with Gasteiger partial charge in [-0.05, 0) is 18.6 Å². The highest BCUT2D eigenvalue weighted by atomic mass is 16.3. The lowest BCUT2D eigenvalue weighted by atomic mass is 10.2. The van der Waals surface area contributed by atoms with Gasteiger partial charge < -0.3 is 15.3 Å². The first-order valence-electron chi connectivity index (χ1n) is 5.76. The number of hydrogen-bond donors (Lipinski definition) is 2. The second kappa shape index (κ2) is 6.85. The zero-order valence-electron chi connectivity index (χ0n) is 10.3. The van der Waals surface area contributed by atoms with E-state index in [9.17, 15) is 4.79 Å². The van der Waals surface area contributed by atoms with E-state index in [1.807, 2.05) is 6.92 Å². The number of aliphatic hydroxyl groups excluding tert-OH is 1. The Kier molecular flexibility index (Phi) is 5.42. The molecule has 0 atom stereocenters. The molecule has 1 amide bonds. The van der Waals surface area contributed by atoms with Crippen molar-refractivity contribution in [3.63, 3.8) is 0 Å². The van der Waals surface area contributed by atoms with Crippen LogP contribution in [0.3, 0.4) is 0 Å². The summed E-state index contributed by atoms with van der Waals surface area (Å²) >= 11 is 0. The van der Waals surface area contributed by atoms with E-state index >= 15 is 0 Å². The fourth-order valence-electron chi connectivity index (χ4n) is 1.56.